The molecule has 0 fully saturated rings. The minimum Gasteiger partial charge on any atom is -0.339 e. The zero-order valence-corrected chi connectivity index (χ0v) is 22.7. The van der Waals surface area contributed by atoms with Crippen molar-refractivity contribution in [3.05, 3.63) is 112 Å². The molecule has 2 atom stereocenters. The van der Waals surface area contributed by atoms with Crippen LogP contribution in [-0.4, -0.2) is 34.2 Å². The first-order chi connectivity index (χ1) is 19.5. The molecule has 2 heterocycles. The van der Waals surface area contributed by atoms with Crippen LogP contribution in [0.25, 0.3) is 5.69 Å². The van der Waals surface area contributed by atoms with Gasteiger partial charge in [-0.05, 0) is 67.8 Å². The molecule has 0 spiro atoms. The van der Waals surface area contributed by atoms with Crippen LogP contribution in [0.3, 0.4) is 0 Å². The molecule has 0 bridgehead atoms. The molecule has 1 aliphatic rings. The van der Waals surface area contributed by atoms with Crippen molar-refractivity contribution in [1.29, 1.82) is 0 Å². The third-order valence-electron chi connectivity index (χ3n) is 7.38. The minimum absolute atomic E-state index is 0.231. The van der Waals surface area contributed by atoms with Crippen molar-refractivity contribution in [1.82, 2.24) is 15.1 Å². The number of benzene rings is 3. The number of anilines is 1. The maximum atomic E-state index is 14.5. The summed E-state index contributed by atoms with van der Waals surface area (Å²) in [5, 5.41) is 7.47. The summed E-state index contributed by atoms with van der Waals surface area (Å²) < 4.78 is 56.3. The van der Waals surface area contributed by atoms with Gasteiger partial charge in [0.25, 0.3) is 11.8 Å². The molecule has 3 aromatic carbocycles. The van der Waals surface area contributed by atoms with E-state index in [9.17, 15) is 27.2 Å². The van der Waals surface area contributed by atoms with E-state index in [1.54, 1.807) is 30.7 Å². The normalized spacial score (nSPS) is 17.0. The Hall–Kier alpha value is -4.47. The minimum atomic E-state index is -4.64. The molecule has 2 amide bonds. The molecule has 10 heteroatoms. The number of nitrogens with one attached hydrogen (secondary N) is 1. The SMILES string of the molecule is CCc1cc([C@H]2c3c(C)nn(-c4ccccc4)c3N(CC)C(=O)[C@H]2NC(=O)c2cccc(C(F)(F)F)c2)ccc1F. The lowest BCUT2D eigenvalue weighted by atomic mass is 9.80. The topological polar surface area (TPSA) is 67.2 Å². The van der Waals surface area contributed by atoms with Gasteiger partial charge in [0, 0.05) is 23.6 Å². The van der Waals surface area contributed by atoms with E-state index in [-0.39, 0.29) is 12.1 Å². The highest BCUT2D eigenvalue weighted by molar-refractivity contribution is 6.05. The molecular weight excluding hydrogens is 536 g/mol. The molecule has 0 unspecified atom stereocenters. The number of hydrogen-bond donors (Lipinski definition) is 1. The molecule has 1 aliphatic heterocycles. The van der Waals surface area contributed by atoms with E-state index in [2.05, 4.69) is 5.32 Å². The number of fused-ring (bicyclic) bond motifs is 1. The first-order valence-corrected chi connectivity index (χ1v) is 13.3. The number of hydrogen-bond acceptors (Lipinski definition) is 3. The Balaban J connectivity index is 1.68. The van der Waals surface area contributed by atoms with E-state index in [0.717, 1.165) is 23.9 Å². The molecule has 5 rings (SSSR count). The maximum Gasteiger partial charge on any atom is 0.416 e. The summed E-state index contributed by atoms with van der Waals surface area (Å²) in [5.41, 5.74) is 1.80. The Labute approximate surface area is 234 Å². The van der Waals surface area contributed by atoms with Crippen LogP contribution in [0.15, 0.2) is 72.8 Å². The fourth-order valence-electron chi connectivity index (χ4n) is 5.41. The number of carbonyl (C=O) groups excluding carboxylic acids is 2. The van der Waals surface area contributed by atoms with Crippen LogP contribution in [0.5, 0.6) is 0 Å². The zero-order chi connectivity index (χ0) is 29.5. The van der Waals surface area contributed by atoms with Crippen molar-refractivity contribution in [2.24, 2.45) is 0 Å². The van der Waals surface area contributed by atoms with Crippen molar-refractivity contribution >= 4 is 17.6 Å². The summed E-state index contributed by atoms with van der Waals surface area (Å²) in [6.07, 6.45) is -4.24. The molecule has 0 radical (unpaired) electrons. The van der Waals surface area contributed by atoms with E-state index in [1.807, 2.05) is 37.3 Å². The molecule has 0 saturated carbocycles. The highest BCUT2D eigenvalue weighted by atomic mass is 19.4. The second-order valence-electron chi connectivity index (χ2n) is 9.86. The maximum absolute atomic E-state index is 14.5. The van der Waals surface area contributed by atoms with Gasteiger partial charge in [-0.3, -0.25) is 14.5 Å². The quantitative estimate of drug-likeness (QED) is 0.284. The van der Waals surface area contributed by atoms with Gasteiger partial charge in [0.15, 0.2) is 0 Å². The number of aromatic nitrogens is 2. The fraction of sp³-hybridized carbons (Fsp3) is 0.258. The number of rotatable bonds is 6. The van der Waals surface area contributed by atoms with Crippen LogP contribution < -0.4 is 10.2 Å². The smallest absolute Gasteiger partial charge is 0.339 e. The lowest BCUT2D eigenvalue weighted by Gasteiger charge is -2.38. The van der Waals surface area contributed by atoms with Gasteiger partial charge in [0.2, 0.25) is 0 Å². The van der Waals surface area contributed by atoms with Gasteiger partial charge < -0.3 is 5.32 Å². The average molecular weight is 565 g/mol. The summed E-state index contributed by atoms with van der Waals surface area (Å²) >= 11 is 0. The lowest BCUT2D eigenvalue weighted by molar-refractivity contribution is -0.137. The first-order valence-electron chi connectivity index (χ1n) is 13.3. The average Bonchev–Trinajstić information content (AvgIpc) is 3.30. The van der Waals surface area contributed by atoms with Crippen molar-refractivity contribution in [2.45, 2.75) is 45.3 Å². The number of nitrogens with zero attached hydrogens (tertiary/aromatic N) is 3. The van der Waals surface area contributed by atoms with Crippen molar-refractivity contribution in [3.63, 3.8) is 0 Å². The van der Waals surface area contributed by atoms with Crippen LogP contribution in [0, 0.1) is 12.7 Å². The number of amides is 2. The van der Waals surface area contributed by atoms with Gasteiger partial charge >= 0.3 is 6.18 Å². The molecule has 1 aromatic heterocycles. The Morgan fingerprint density at radius 2 is 1.73 bits per heavy atom. The van der Waals surface area contributed by atoms with Gasteiger partial charge in [-0.15, -0.1) is 0 Å². The van der Waals surface area contributed by atoms with E-state index < -0.39 is 41.3 Å². The van der Waals surface area contributed by atoms with E-state index >= 15 is 0 Å². The summed E-state index contributed by atoms with van der Waals surface area (Å²) in [5.74, 6) is -1.93. The molecule has 1 N–H and O–H groups in total. The predicted octanol–water partition coefficient (Wildman–Crippen LogP) is 6.20. The van der Waals surface area contributed by atoms with Crippen LogP contribution in [0.1, 0.15) is 58.1 Å². The molecule has 0 aliphatic carbocycles. The monoisotopic (exact) mass is 564 g/mol. The van der Waals surface area contributed by atoms with E-state index in [0.29, 0.717) is 34.6 Å². The summed E-state index contributed by atoms with van der Waals surface area (Å²) in [6, 6.07) is 16.7. The molecule has 6 nitrogen and oxygen atoms in total. The Morgan fingerprint density at radius 1 is 1.00 bits per heavy atom. The number of carbonyl (C=O) groups is 2. The predicted molar refractivity (Wildman–Crippen MR) is 147 cm³/mol. The fourth-order valence-corrected chi connectivity index (χ4v) is 5.41. The Morgan fingerprint density at radius 3 is 2.39 bits per heavy atom. The molecule has 212 valence electrons. The van der Waals surface area contributed by atoms with Crippen LogP contribution in [0.2, 0.25) is 0 Å². The van der Waals surface area contributed by atoms with Gasteiger partial charge in [-0.25, -0.2) is 9.07 Å². The lowest BCUT2D eigenvalue weighted by Crippen LogP contribution is -2.55. The Bertz CT molecular complexity index is 1610. The van der Waals surface area contributed by atoms with Crippen molar-refractivity contribution in [3.8, 4) is 5.69 Å². The molecular formula is C31H28F4N4O2. The van der Waals surface area contributed by atoms with Gasteiger partial charge in [0.05, 0.1) is 16.9 Å². The number of para-hydroxylation sites is 1. The Kier molecular flexibility index (Phi) is 7.42. The number of alkyl halides is 3. The van der Waals surface area contributed by atoms with Gasteiger partial charge in [-0.2, -0.15) is 18.3 Å². The standard InChI is InChI=1S/C31H28F4N4O2/c1-4-19-16-20(14-15-24(19)32)26-25-18(3)37-39(23-12-7-6-8-13-23)29(25)38(5-2)30(41)27(26)36-28(40)21-10-9-11-22(17-21)31(33,34)35/h6-17,26-27H,4-5H2,1-3H3,(H,36,40)/t26-,27-/m0/s1. The van der Waals surface area contributed by atoms with Crippen molar-refractivity contribution in [2.75, 3.05) is 11.4 Å². The molecule has 41 heavy (non-hydrogen) atoms. The molecule has 0 saturated heterocycles. The van der Waals surface area contributed by atoms with Crippen LogP contribution in [-0.2, 0) is 17.4 Å². The first kappa shape index (κ1) is 28.1. The third kappa shape index (κ3) is 5.10. The van der Waals surface area contributed by atoms with Gasteiger partial charge in [0.1, 0.15) is 17.7 Å². The number of aryl methyl sites for hydroxylation is 2. The third-order valence-corrected chi connectivity index (χ3v) is 7.38. The highest BCUT2D eigenvalue weighted by Crippen LogP contribution is 2.43. The number of likely N-dealkylation sites (N-methyl/N-ethyl adjacent to an activating group) is 1. The summed E-state index contributed by atoms with van der Waals surface area (Å²) in [7, 11) is 0. The largest absolute Gasteiger partial charge is 0.416 e. The second-order valence-corrected chi connectivity index (χ2v) is 9.86. The molecule has 4 aromatic rings. The number of halogens is 4. The second kappa shape index (κ2) is 10.8. The highest BCUT2D eigenvalue weighted by Gasteiger charge is 2.45. The summed E-state index contributed by atoms with van der Waals surface area (Å²) in [6.45, 7) is 5.64. The van der Waals surface area contributed by atoms with E-state index in [4.69, 9.17) is 5.10 Å². The van der Waals surface area contributed by atoms with E-state index in [1.165, 1.54) is 17.0 Å². The van der Waals surface area contributed by atoms with Gasteiger partial charge in [-0.1, -0.05) is 43.3 Å². The van der Waals surface area contributed by atoms with Crippen LogP contribution >= 0.6 is 0 Å². The zero-order valence-electron chi connectivity index (χ0n) is 22.7. The van der Waals surface area contributed by atoms with Crippen molar-refractivity contribution < 1.29 is 27.2 Å². The van der Waals surface area contributed by atoms with Crippen LogP contribution in [0.4, 0.5) is 23.4 Å². The summed E-state index contributed by atoms with van der Waals surface area (Å²) in [4.78, 5) is 29.0.